The third-order valence-corrected chi connectivity index (χ3v) is 2.16. The molecule has 1 aromatic heterocycles. The average molecular weight is 247 g/mol. The zero-order valence-electron chi connectivity index (χ0n) is 8.71. The SMILES string of the molecule is NC(=S)N/N=c1/ccc2cc(C=O)ccc2o1. The summed E-state index contributed by atoms with van der Waals surface area (Å²) < 4.78 is 5.45. The van der Waals surface area contributed by atoms with Crippen LogP contribution in [0.1, 0.15) is 10.4 Å². The van der Waals surface area contributed by atoms with E-state index in [2.05, 4.69) is 22.7 Å². The highest BCUT2D eigenvalue weighted by Gasteiger charge is 1.97. The van der Waals surface area contributed by atoms with E-state index in [0.29, 0.717) is 16.7 Å². The normalized spacial score (nSPS) is 11.4. The van der Waals surface area contributed by atoms with E-state index < -0.39 is 0 Å². The molecule has 3 N–H and O–H groups in total. The molecule has 0 amide bonds. The molecule has 0 unspecified atom stereocenters. The van der Waals surface area contributed by atoms with Gasteiger partial charge in [0.25, 0.3) is 0 Å². The lowest BCUT2D eigenvalue weighted by molar-refractivity contribution is 0.112. The maximum absolute atomic E-state index is 10.6. The molecule has 0 aliphatic rings. The van der Waals surface area contributed by atoms with Crippen LogP contribution in [-0.2, 0) is 0 Å². The summed E-state index contributed by atoms with van der Waals surface area (Å²) in [4.78, 5) is 10.6. The number of nitrogens with zero attached hydrogens (tertiary/aromatic N) is 1. The maximum atomic E-state index is 10.6. The standard InChI is InChI=1S/C11H9N3O2S/c12-11(17)14-13-10-4-2-8-5-7(6-15)1-3-9(8)16-10/h1-6H,(H3,12,14,17)/b13-10-. The Labute approximate surface area is 102 Å². The van der Waals surface area contributed by atoms with Gasteiger partial charge in [-0.3, -0.25) is 10.2 Å². The summed E-state index contributed by atoms with van der Waals surface area (Å²) in [6.07, 6.45) is 0.784. The molecule has 2 aromatic rings. The quantitative estimate of drug-likeness (QED) is 0.468. The van der Waals surface area contributed by atoms with E-state index in [1.165, 1.54) is 0 Å². The second-order valence-electron chi connectivity index (χ2n) is 3.28. The molecule has 0 bridgehead atoms. The van der Waals surface area contributed by atoms with Gasteiger partial charge >= 0.3 is 0 Å². The number of nitrogens with one attached hydrogen (secondary N) is 1. The first-order valence-corrected chi connectivity index (χ1v) is 5.18. The number of hydrogen-bond donors (Lipinski definition) is 2. The Morgan fingerprint density at radius 1 is 1.41 bits per heavy atom. The van der Waals surface area contributed by atoms with E-state index in [-0.39, 0.29) is 5.11 Å². The Bertz CT molecular complexity index is 648. The molecule has 1 heterocycles. The fourth-order valence-electron chi connectivity index (χ4n) is 1.34. The first-order valence-electron chi connectivity index (χ1n) is 4.77. The fraction of sp³-hybridized carbons (Fsp3) is 0. The van der Waals surface area contributed by atoms with Crippen molar-refractivity contribution in [2.45, 2.75) is 0 Å². The van der Waals surface area contributed by atoms with Gasteiger partial charge in [-0.25, -0.2) is 0 Å². The third kappa shape index (κ3) is 2.67. The lowest BCUT2D eigenvalue weighted by Gasteiger charge is -1.98. The topological polar surface area (TPSA) is 80.6 Å². The molecule has 1 aromatic carbocycles. The van der Waals surface area contributed by atoms with Gasteiger partial charge in [0.2, 0.25) is 5.55 Å². The van der Waals surface area contributed by atoms with Crippen molar-refractivity contribution in [1.82, 2.24) is 5.43 Å². The van der Waals surface area contributed by atoms with Crippen LogP contribution < -0.4 is 16.7 Å². The van der Waals surface area contributed by atoms with Crippen LogP contribution in [0.25, 0.3) is 11.0 Å². The molecule has 6 heteroatoms. The van der Waals surface area contributed by atoms with Gasteiger partial charge < -0.3 is 10.2 Å². The lowest BCUT2D eigenvalue weighted by atomic mass is 10.1. The van der Waals surface area contributed by atoms with E-state index in [1.54, 1.807) is 30.3 Å². The predicted octanol–water partition coefficient (Wildman–Crippen LogP) is 0.894. The summed E-state index contributed by atoms with van der Waals surface area (Å²) in [5, 5.41) is 4.74. The molecule has 0 spiro atoms. The number of nitrogens with two attached hydrogens (primary N) is 1. The Morgan fingerprint density at radius 3 is 2.94 bits per heavy atom. The molecule has 5 nitrogen and oxygen atoms in total. The summed E-state index contributed by atoms with van der Waals surface area (Å²) in [5.74, 6) is 0. The van der Waals surface area contributed by atoms with E-state index in [0.717, 1.165) is 11.7 Å². The van der Waals surface area contributed by atoms with Gasteiger partial charge in [-0.2, -0.15) is 0 Å². The van der Waals surface area contributed by atoms with E-state index in [9.17, 15) is 4.79 Å². The summed E-state index contributed by atoms with van der Waals surface area (Å²) in [6, 6.07) is 8.56. The summed E-state index contributed by atoms with van der Waals surface area (Å²) in [6.45, 7) is 0. The monoisotopic (exact) mass is 247 g/mol. The van der Waals surface area contributed by atoms with Crippen LogP contribution >= 0.6 is 12.2 Å². The molecule has 86 valence electrons. The van der Waals surface area contributed by atoms with Crippen LogP contribution in [0.5, 0.6) is 0 Å². The second-order valence-corrected chi connectivity index (χ2v) is 3.72. The summed E-state index contributed by atoms with van der Waals surface area (Å²) in [7, 11) is 0. The molecule has 0 saturated carbocycles. The average Bonchev–Trinajstić information content (AvgIpc) is 2.35. The van der Waals surface area contributed by atoms with Gasteiger partial charge in [0, 0.05) is 17.0 Å². The van der Waals surface area contributed by atoms with Crippen molar-refractivity contribution in [3.8, 4) is 0 Å². The molecule has 0 radical (unpaired) electrons. The smallest absolute Gasteiger partial charge is 0.236 e. The number of fused-ring (bicyclic) bond motifs is 1. The van der Waals surface area contributed by atoms with Crippen molar-refractivity contribution < 1.29 is 9.21 Å². The number of aldehydes is 1. The zero-order chi connectivity index (χ0) is 12.3. The number of rotatable bonds is 2. The lowest BCUT2D eigenvalue weighted by Crippen LogP contribution is -2.26. The largest absolute Gasteiger partial charge is 0.437 e. The van der Waals surface area contributed by atoms with Crippen molar-refractivity contribution in [1.29, 1.82) is 0 Å². The summed E-state index contributed by atoms with van der Waals surface area (Å²) >= 11 is 4.62. The number of carbonyl (C=O) groups is 1. The van der Waals surface area contributed by atoms with Crippen molar-refractivity contribution in [3.63, 3.8) is 0 Å². The number of thiocarbonyl (C=S) groups is 1. The van der Waals surface area contributed by atoms with Gasteiger partial charge in [-0.05, 0) is 36.5 Å². The Kier molecular flexibility index (Phi) is 3.15. The van der Waals surface area contributed by atoms with Crippen LogP contribution in [-0.4, -0.2) is 11.4 Å². The van der Waals surface area contributed by atoms with Gasteiger partial charge in [0.15, 0.2) is 5.11 Å². The van der Waals surface area contributed by atoms with E-state index in [4.69, 9.17) is 10.2 Å². The first-order chi connectivity index (χ1) is 8.19. The fourth-order valence-corrected chi connectivity index (χ4v) is 1.39. The maximum Gasteiger partial charge on any atom is 0.236 e. The van der Waals surface area contributed by atoms with Gasteiger partial charge in [0.05, 0.1) is 0 Å². The molecule has 17 heavy (non-hydrogen) atoms. The second kappa shape index (κ2) is 4.75. The van der Waals surface area contributed by atoms with Crippen molar-refractivity contribution >= 4 is 34.6 Å². The molecule has 2 rings (SSSR count). The molecular formula is C11H9N3O2S. The highest BCUT2D eigenvalue weighted by Crippen LogP contribution is 2.12. The minimum atomic E-state index is 0.0663. The molecule has 0 atom stereocenters. The third-order valence-electron chi connectivity index (χ3n) is 2.07. The molecule has 0 aliphatic carbocycles. The minimum Gasteiger partial charge on any atom is -0.437 e. The van der Waals surface area contributed by atoms with Crippen LogP contribution in [0, 0.1) is 0 Å². The van der Waals surface area contributed by atoms with E-state index >= 15 is 0 Å². The van der Waals surface area contributed by atoms with Crippen LogP contribution in [0.4, 0.5) is 0 Å². The number of hydrogen-bond acceptors (Lipinski definition) is 4. The minimum absolute atomic E-state index is 0.0663. The van der Waals surface area contributed by atoms with E-state index in [1.807, 2.05) is 0 Å². The predicted molar refractivity (Wildman–Crippen MR) is 67.1 cm³/mol. The molecule has 0 saturated heterocycles. The number of carbonyl (C=O) groups excluding carboxylic acids is 1. The van der Waals surface area contributed by atoms with Crippen LogP contribution in [0.2, 0.25) is 0 Å². The van der Waals surface area contributed by atoms with Crippen molar-refractivity contribution in [2.24, 2.45) is 10.8 Å². The highest BCUT2D eigenvalue weighted by molar-refractivity contribution is 7.80. The van der Waals surface area contributed by atoms with Crippen molar-refractivity contribution in [2.75, 3.05) is 0 Å². The molecule has 0 fully saturated rings. The Hall–Kier alpha value is -2.21. The number of benzene rings is 1. The Morgan fingerprint density at radius 2 is 2.24 bits per heavy atom. The molecular weight excluding hydrogens is 238 g/mol. The van der Waals surface area contributed by atoms with Crippen LogP contribution in [0.15, 0.2) is 39.9 Å². The van der Waals surface area contributed by atoms with Crippen LogP contribution in [0.3, 0.4) is 0 Å². The first kappa shape index (κ1) is 11.3. The van der Waals surface area contributed by atoms with Gasteiger partial charge in [-0.15, -0.1) is 5.10 Å². The zero-order valence-corrected chi connectivity index (χ0v) is 9.53. The van der Waals surface area contributed by atoms with Gasteiger partial charge in [-0.1, -0.05) is 0 Å². The Balaban J connectivity index is 2.48. The van der Waals surface area contributed by atoms with Crippen molar-refractivity contribution in [3.05, 3.63) is 41.4 Å². The van der Waals surface area contributed by atoms with Gasteiger partial charge in [0.1, 0.15) is 11.9 Å². The molecule has 0 aliphatic heterocycles. The summed E-state index contributed by atoms with van der Waals surface area (Å²) in [5.41, 5.74) is 9.24. The highest BCUT2D eigenvalue weighted by atomic mass is 32.1.